The largest absolute Gasteiger partial charge is 0.335 e. The first-order chi connectivity index (χ1) is 10.3. The number of unbranched alkanes of at least 4 members (excludes halogenated alkanes) is 1. The lowest BCUT2D eigenvalue weighted by Gasteiger charge is -2.19. The Morgan fingerprint density at radius 1 is 1.24 bits per heavy atom. The van der Waals surface area contributed by atoms with Gasteiger partial charge in [0.2, 0.25) is 0 Å². The highest BCUT2D eigenvalue weighted by Gasteiger charge is 2.25. The molecule has 0 unspecified atom stereocenters. The molecule has 108 valence electrons. The van der Waals surface area contributed by atoms with Gasteiger partial charge in [0, 0.05) is 17.5 Å². The van der Waals surface area contributed by atoms with Crippen molar-refractivity contribution >= 4 is 34.6 Å². The van der Waals surface area contributed by atoms with Gasteiger partial charge in [-0.05, 0) is 30.0 Å². The molecule has 0 saturated heterocycles. The van der Waals surface area contributed by atoms with E-state index in [1.54, 1.807) is 17.8 Å². The summed E-state index contributed by atoms with van der Waals surface area (Å²) in [5.74, 6) is 0.0989. The maximum absolute atomic E-state index is 12.3. The van der Waals surface area contributed by atoms with E-state index in [1.807, 2.05) is 23.6 Å². The number of hydrogen-bond acceptors (Lipinski definition) is 4. The van der Waals surface area contributed by atoms with Crippen molar-refractivity contribution in [2.75, 3.05) is 11.4 Å². The number of benzene rings is 1. The van der Waals surface area contributed by atoms with Gasteiger partial charge in [0.1, 0.15) is 0 Å². The van der Waals surface area contributed by atoms with Crippen molar-refractivity contribution in [2.24, 2.45) is 0 Å². The zero-order chi connectivity index (χ0) is 14.7. The van der Waals surface area contributed by atoms with Crippen molar-refractivity contribution in [1.82, 2.24) is 0 Å². The molecule has 0 N–H and O–H groups in total. The minimum absolute atomic E-state index is 0.0989. The lowest BCUT2D eigenvalue weighted by Crippen LogP contribution is -2.19. The first kappa shape index (κ1) is 14.4. The summed E-state index contributed by atoms with van der Waals surface area (Å²) < 4.78 is 0. The van der Waals surface area contributed by atoms with Crippen molar-refractivity contribution in [3.8, 4) is 0 Å². The average Bonchev–Trinajstić information content (AvgIpc) is 3.13. The number of nitrogens with zero attached hydrogens (tertiary/aromatic N) is 1. The Morgan fingerprint density at radius 2 is 2.10 bits per heavy atom. The van der Waals surface area contributed by atoms with Gasteiger partial charge in [-0.3, -0.25) is 4.79 Å². The third kappa shape index (κ3) is 3.06. The SMILES string of the molecule is CCCCN1/C(=C\C(=O)c2cccs2)Sc2ccccc21. The third-order valence-corrected chi connectivity index (χ3v) is 5.39. The molecular formula is C17H17NOS2. The number of thiophene rings is 1. The summed E-state index contributed by atoms with van der Waals surface area (Å²) in [4.78, 5) is 16.6. The number of para-hydroxylation sites is 1. The summed E-state index contributed by atoms with van der Waals surface area (Å²) in [5.41, 5.74) is 1.22. The van der Waals surface area contributed by atoms with Gasteiger partial charge in [-0.2, -0.15) is 0 Å². The molecule has 1 aliphatic rings. The van der Waals surface area contributed by atoms with E-state index in [-0.39, 0.29) is 5.78 Å². The number of fused-ring (bicyclic) bond motifs is 1. The molecule has 0 radical (unpaired) electrons. The normalized spacial score (nSPS) is 15.5. The van der Waals surface area contributed by atoms with Crippen molar-refractivity contribution < 1.29 is 4.79 Å². The number of rotatable bonds is 5. The molecule has 2 heterocycles. The fraction of sp³-hybridized carbons (Fsp3) is 0.235. The smallest absolute Gasteiger partial charge is 0.198 e. The number of ketones is 1. The molecule has 1 aromatic heterocycles. The molecule has 21 heavy (non-hydrogen) atoms. The molecule has 0 atom stereocenters. The molecule has 0 aliphatic carbocycles. The zero-order valence-corrected chi connectivity index (χ0v) is 13.5. The quantitative estimate of drug-likeness (QED) is 0.560. The van der Waals surface area contributed by atoms with Gasteiger partial charge < -0.3 is 4.90 Å². The maximum atomic E-state index is 12.3. The minimum Gasteiger partial charge on any atom is -0.335 e. The van der Waals surface area contributed by atoms with Crippen LogP contribution in [0.15, 0.2) is 57.8 Å². The first-order valence-electron chi connectivity index (χ1n) is 7.13. The Morgan fingerprint density at radius 3 is 2.86 bits per heavy atom. The summed E-state index contributed by atoms with van der Waals surface area (Å²) in [6.07, 6.45) is 4.06. The third-order valence-electron chi connectivity index (χ3n) is 3.39. The second-order valence-electron chi connectivity index (χ2n) is 4.90. The summed E-state index contributed by atoms with van der Waals surface area (Å²) in [6.45, 7) is 3.15. The van der Waals surface area contributed by atoms with Gasteiger partial charge in [0.15, 0.2) is 5.78 Å². The molecular weight excluding hydrogens is 298 g/mol. The molecule has 0 bridgehead atoms. The van der Waals surface area contributed by atoms with Crippen LogP contribution < -0.4 is 4.90 Å². The fourth-order valence-electron chi connectivity index (χ4n) is 2.31. The number of anilines is 1. The summed E-state index contributed by atoms with van der Waals surface area (Å²) in [5, 5.41) is 2.99. The van der Waals surface area contributed by atoms with Gasteiger partial charge in [-0.15, -0.1) is 11.3 Å². The van der Waals surface area contributed by atoms with Crippen LogP contribution in [0.2, 0.25) is 0 Å². The summed E-state index contributed by atoms with van der Waals surface area (Å²) in [7, 11) is 0. The van der Waals surface area contributed by atoms with Crippen LogP contribution >= 0.6 is 23.1 Å². The van der Waals surface area contributed by atoms with Gasteiger partial charge in [0.05, 0.1) is 15.6 Å². The van der Waals surface area contributed by atoms with Crippen LogP contribution in [0.3, 0.4) is 0 Å². The van der Waals surface area contributed by atoms with E-state index in [2.05, 4.69) is 30.0 Å². The molecule has 2 nitrogen and oxygen atoms in total. The van der Waals surface area contributed by atoms with E-state index >= 15 is 0 Å². The summed E-state index contributed by atoms with van der Waals surface area (Å²) in [6, 6.07) is 12.2. The molecule has 0 fully saturated rings. The van der Waals surface area contributed by atoms with Gasteiger partial charge >= 0.3 is 0 Å². The Bertz CT molecular complexity index is 661. The number of allylic oxidation sites excluding steroid dienone is 1. The lowest BCUT2D eigenvalue weighted by molar-refractivity contribution is 0.105. The monoisotopic (exact) mass is 315 g/mol. The molecule has 1 aliphatic heterocycles. The topological polar surface area (TPSA) is 20.3 Å². The second-order valence-corrected chi connectivity index (χ2v) is 6.91. The van der Waals surface area contributed by atoms with Crippen LogP contribution in [0.1, 0.15) is 29.4 Å². The van der Waals surface area contributed by atoms with E-state index in [1.165, 1.54) is 21.9 Å². The molecule has 4 heteroatoms. The molecule has 1 aromatic carbocycles. The highest BCUT2D eigenvalue weighted by Crippen LogP contribution is 2.45. The first-order valence-corrected chi connectivity index (χ1v) is 8.83. The second kappa shape index (κ2) is 6.50. The minimum atomic E-state index is 0.0989. The molecule has 0 spiro atoms. The highest BCUT2D eigenvalue weighted by atomic mass is 32.2. The van der Waals surface area contributed by atoms with Gasteiger partial charge in [-0.25, -0.2) is 0 Å². The zero-order valence-electron chi connectivity index (χ0n) is 11.9. The Kier molecular flexibility index (Phi) is 4.46. The van der Waals surface area contributed by atoms with Crippen LogP contribution in [0, 0.1) is 0 Å². The van der Waals surface area contributed by atoms with Crippen molar-refractivity contribution in [1.29, 1.82) is 0 Å². The van der Waals surface area contributed by atoms with Crippen molar-refractivity contribution in [2.45, 2.75) is 24.7 Å². The fourth-order valence-corrected chi connectivity index (χ4v) is 4.07. The number of thioether (sulfide) groups is 1. The van der Waals surface area contributed by atoms with Crippen LogP contribution in [0.25, 0.3) is 0 Å². The molecule has 2 aromatic rings. The summed E-state index contributed by atoms with van der Waals surface area (Å²) >= 11 is 3.19. The Balaban J connectivity index is 1.89. The Labute approximate surface area is 133 Å². The van der Waals surface area contributed by atoms with Gasteiger partial charge in [0.25, 0.3) is 0 Å². The van der Waals surface area contributed by atoms with Gasteiger partial charge in [-0.1, -0.05) is 43.3 Å². The number of carbonyl (C=O) groups excluding carboxylic acids is 1. The van der Waals surface area contributed by atoms with Crippen LogP contribution in [0.5, 0.6) is 0 Å². The predicted octanol–water partition coefficient (Wildman–Crippen LogP) is 5.18. The van der Waals surface area contributed by atoms with Crippen LogP contribution in [0.4, 0.5) is 5.69 Å². The van der Waals surface area contributed by atoms with Crippen molar-refractivity contribution in [3.05, 3.63) is 57.8 Å². The molecule has 0 saturated carbocycles. The van der Waals surface area contributed by atoms with E-state index in [4.69, 9.17) is 0 Å². The predicted molar refractivity (Wildman–Crippen MR) is 91.3 cm³/mol. The van der Waals surface area contributed by atoms with E-state index < -0.39 is 0 Å². The van der Waals surface area contributed by atoms with E-state index in [0.717, 1.165) is 29.3 Å². The standard InChI is InChI=1S/C17H17NOS2/c1-2-3-10-18-13-7-4-5-8-15(13)21-17(18)12-14(19)16-9-6-11-20-16/h4-9,11-12H,2-3,10H2,1H3/b17-12+. The number of hydrogen-bond donors (Lipinski definition) is 0. The average molecular weight is 315 g/mol. The lowest BCUT2D eigenvalue weighted by atomic mass is 10.2. The van der Waals surface area contributed by atoms with Crippen LogP contribution in [-0.4, -0.2) is 12.3 Å². The maximum Gasteiger partial charge on any atom is 0.198 e. The highest BCUT2D eigenvalue weighted by molar-refractivity contribution is 8.03. The molecule has 0 amide bonds. The van der Waals surface area contributed by atoms with E-state index in [0.29, 0.717) is 0 Å². The van der Waals surface area contributed by atoms with Crippen molar-refractivity contribution in [3.63, 3.8) is 0 Å². The number of carbonyl (C=O) groups is 1. The molecule has 3 rings (SSSR count). The van der Waals surface area contributed by atoms with E-state index in [9.17, 15) is 4.79 Å². The Hall–Kier alpha value is -1.52. The van der Waals surface area contributed by atoms with Crippen LogP contribution in [-0.2, 0) is 0 Å².